The number of nitrogens with one attached hydrogen (secondary N) is 7. The van der Waals surface area contributed by atoms with Crippen LogP contribution < -0.4 is 41.4 Å². The normalized spacial score (nSPS) is 15.4. The molecule has 5 aromatic carbocycles. The van der Waals surface area contributed by atoms with Gasteiger partial charge in [0.15, 0.2) is 0 Å². The summed E-state index contributed by atoms with van der Waals surface area (Å²) >= 11 is 4.29. The molecule has 3 aliphatic carbocycles. The van der Waals surface area contributed by atoms with Gasteiger partial charge in [0, 0.05) is 109 Å². The number of nitrogens with zero attached hydrogens (tertiary/aromatic N) is 3. The Labute approximate surface area is 650 Å². The summed E-state index contributed by atoms with van der Waals surface area (Å²) in [6.07, 6.45) is 14.6. The number of carbonyl (C=O) groups is 6. The molecule has 5 aliphatic rings. The number of carbonyl (C=O) groups excluding carboxylic acids is 6. The second kappa shape index (κ2) is 37.5. The monoisotopic (exact) mass is 1600 g/mol. The van der Waals surface area contributed by atoms with Crippen molar-refractivity contribution in [2.75, 3.05) is 95.0 Å². The lowest BCUT2D eigenvalue weighted by atomic mass is 9.95. The molecule has 0 bridgehead atoms. The smallest absolute Gasteiger partial charge is 0.258 e. The Bertz CT molecular complexity index is 4950. The van der Waals surface area contributed by atoms with Crippen LogP contribution in [0.25, 0.3) is 0 Å². The van der Waals surface area contributed by atoms with E-state index in [0.717, 1.165) is 133 Å². The molecule has 3 aromatic heterocycles. The number of thiophene rings is 3. The largest absolute Gasteiger partial charge is 0.497 e. The lowest BCUT2D eigenvalue weighted by Gasteiger charge is -2.31. The number of piperazine rings is 1. The van der Waals surface area contributed by atoms with Crippen LogP contribution in [0.15, 0.2) is 142 Å². The van der Waals surface area contributed by atoms with Gasteiger partial charge in [-0.15, -0.1) is 34.0 Å². The number of hydrogen-bond acceptors (Lipinski definition) is 18. The molecule has 0 spiro atoms. The summed E-state index contributed by atoms with van der Waals surface area (Å²) < 4.78 is 93.4. The maximum Gasteiger partial charge on any atom is 0.258 e. The fraction of sp³-hybridized carbons (Fsp3) is 0.392. The minimum absolute atomic E-state index is 0.0189. The Morgan fingerprint density at radius 3 is 1.34 bits per heavy atom. The Kier molecular flexibility index (Phi) is 28.0. The molecule has 0 unspecified atom stereocenters. The maximum atomic E-state index is 13.4. The first-order valence-electron chi connectivity index (χ1n) is 36.9. The van der Waals surface area contributed by atoms with Gasteiger partial charge in [0.1, 0.15) is 20.8 Å². The SMILES string of the molecule is COCCCNC(=O)c1c(NC(=O)c2cccc(S(=O)(=O)NC(C)C)c2)sc2c1CCCC2.COc1ccc(NC(=O)c2c(NC(=O)c3cccc(S(=O)(=O)N4CCN(C)CC4)c3)sc3c2CCCC3)cc1.O=C(Nc1sc2c(c1C(=O)NCc1ccccc1)CCCC2)c1cccc(S(=O)(=O)N2CCCCC2)c1. The number of benzene rings is 5. The summed E-state index contributed by atoms with van der Waals surface area (Å²) in [5, 5.41) is 19.1. The van der Waals surface area contributed by atoms with Crippen molar-refractivity contribution in [1.82, 2.24) is 28.9 Å². The number of anilines is 4. The summed E-state index contributed by atoms with van der Waals surface area (Å²) in [5.74, 6) is -1.36. The zero-order chi connectivity index (χ0) is 77.4. The van der Waals surface area contributed by atoms with Gasteiger partial charge < -0.3 is 46.3 Å². The number of rotatable bonds is 24. The highest BCUT2D eigenvalue weighted by Gasteiger charge is 2.34. The van der Waals surface area contributed by atoms with Crippen molar-refractivity contribution >= 4 is 120 Å². The van der Waals surface area contributed by atoms with Gasteiger partial charge in [0.05, 0.1) is 38.5 Å². The number of sulfonamides is 3. The fourth-order valence-electron chi connectivity index (χ4n) is 13.7. The Morgan fingerprint density at radius 2 is 0.881 bits per heavy atom. The number of fused-ring (bicyclic) bond motifs is 3. The predicted molar refractivity (Wildman–Crippen MR) is 428 cm³/mol. The Hall–Kier alpha value is -8.53. The molecular formula is C79H94N10O14S6. The average Bonchev–Trinajstić information content (AvgIpc) is 1.75. The van der Waals surface area contributed by atoms with Gasteiger partial charge in [-0.2, -0.15) is 8.61 Å². The van der Waals surface area contributed by atoms with Gasteiger partial charge in [0.2, 0.25) is 30.1 Å². The Morgan fingerprint density at radius 1 is 0.450 bits per heavy atom. The first-order valence-corrected chi connectivity index (χ1v) is 43.7. The molecule has 2 saturated heterocycles. The van der Waals surface area contributed by atoms with Crippen molar-refractivity contribution in [3.8, 4) is 5.75 Å². The lowest BCUT2D eigenvalue weighted by Crippen LogP contribution is -2.47. The first kappa shape index (κ1) is 81.5. The van der Waals surface area contributed by atoms with Crippen LogP contribution in [0.2, 0.25) is 0 Å². The van der Waals surface area contributed by atoms with E-state index >= 15 is 0 Å². The topological polar surface area (TPSA) is 317 Å². The van der Waals surface area contributed by atoms with E-state index in [-0.39, 0.29) is 55.1 Å². The lowest BCUT2D eigenvalue weighted by molar-refractivity contribution is 0.0940. The van der Waals surface area contributed by atoms with E-state index in [2.05, 4.69) is 41.5 Å². The number of methoxy groups -OCH3 is 2. The molecule has 2 aliphatic heterocycles. The van der Waals surface area contributed by atoms with E-state index in [1.54, 1.807) is 82.7 Å². The van der Waals surface area contributed by atoms with E-state index in [1.165, 1.54) is 85.1 Å². The summed E-state index contributed by atoms with van der Waals surface area (Å²) in [6, 6.07) is 34.6. The summed E-state index contributed by atoms with van der Waals surface area (Å²) in [7, 11) is -5.95. The summed E-state index contributed by atoms with van der Waals surface area (Å²) in [5.41, 5.74) is 6.80. The van der Waals surface area contributed by atoms with E-state index in [4.69, 9.17) is 9.47 Å². The van der Waals surface area contributed by atoms with Crippen molar-refractivity contribution in [1.29, 1.82) is 0 Å². The third-order valence-corrected chi connectivity index (χ3v) is 28.4. The molecule has 6 amide bonds. The van der Waals surface area contributed by atoms with Crippen LogP contribution in [0.5, 0.6) is 5.75 Å². The quantitative estimate of drug-likeness (QED) is 0.0277. The van der Waals surface area contributed by atoms with Crippen LogP contribution in [-0.4, -0.2) is 154 Å². The molecule has 7 N–H and O–H groups in total. The van der Waals surface area contributed by atoms with Crippen molar-refractivity contribution in [2.24, 2.45) is 0 Å². The molecule has 13 rings (SSSR count). The van der Waals surface area contributed by atoms with Crippen molar-refractivity contribution in [3.63, 3.8) is 0 Å². The molecular weight excluding hydrogens is 1510 g/mol. The van der Waals surface area contributed by atoms with Gasteiger partial charge >= 0.3 is 0 Å². The zero-order valence-corrected chi connectivity index (χ0v) is 66.8. The molecule has 24 nitrogen and oxygen atoms in total. The van der Waals surface area contributed by atoms with Gasteiger partial charge in [-0.25, -0.2) is 30.0 Å². The minimum atomic E-state index is -3.73. The third-order valence-electron chi connectivity index (χ3n) is 19.4. The number of amides is 6. The molecule has 580 valence electrons. The zero-order valence-electron chi connectivity index (χ0n) is 61.9. The molecule has 0 radical (unpaired) electrons. The highest BCUT2D eigenvalue weighted by molar-refractivity contribution is 7.90. The first-order chi connectivity index (χ1) is 52.4. The average molecular weight is 1600 g/mol. The summed E-state index contributed by atoms with van der Waals surface area (Å²) in [6.45, 7) is 8.02. The van der Waals surface area contributed by atoms with Gasteiger partial charge in [-0.1, -0.05) is 55.0 Å². The van der Waals surface area contributed by atoms with Gasteiger partial charge in [-0.3, -0.25) is 28.8 Å². The second-order valence-electron chi connectivity index (χ2n) is 27.6. The number of hydrogen-bond donors (Lipinski definition) is 7. The minimum Gasteiger partial charge on any atom is -0.497 e. The van der Waals surface area contributed by atoms with Gasteiger partial charge in [0.25, 0.3) is 35.4 Å². The van der Waals surface area contributed by atoms with E-state index < -0.39 is 47.8 Å². The fourth-order valence-corrected chi connectivity index (χ4v) is 21.8. The number of likely N-dealkylation sites (N-methyl/N-ethyl adjacent to an activating group) is 1. The summed E-state index contributed by atoms with van der Waals surface area (Å²) in [4.78, 5) is 85.1. The van der Waals surface area contributed by atoms with Crippen LogP contribution in [-0.2, 0) is 79.9 Å². The van der Waals surface area contributed by atoms with E-state index in [1.807, 2.05) is 37.4 Å². The second-order valence-corrected chi connectivity index (χ2v) is 36.5. The highest BCUT2D eigenvalue weighted by atomic mass is 32.2. The van der Waals surface area contributed by atoms with Crippen molar-refractivity contribution < 1.29 is 63.5 Å². The number of aryl methyl sites for hydroxylation is 3. The van der Waals surface area contributed by atoms with Crippen molar-refractivity contribution in [2.45, 2.75) is 144 Å². The Balaban J connectivity index is 0.000000163. The molecule has 2 fully saturated rings. The maximum absolute atomic E-state index is 13.4. The van der Waals surface area contributed by atoms with Crippen LogP contribution in [0.3, 0.4) is 0 Å². The van der Waals surface area contributed by atoms with E-state index in [0.29, 0.717) is 109 Å². The third kappa shape index (κ3) is 20.5. The van der Waals surface area contributed by atoms with Gasteiger partial charge in [-0.05, 0) is 218 Å². The molecule has 30 heteroatoms. The molecule has 8 aromatic rings. The molecule has 5 heterocycles. The van der Waals surface area contributed by atoms with Crippen LogP contribution in [0.1, 0.15) is 177 Å². The van der Waals surface area contributed by atoms with Crippen LogP contribution >= 0.6 is 34.0 Å². The highest BCUT2D eigenvalue weighted by Crippen LogP contribution is 2.42. The van der Waals surface area contributed by atoms with E-state index in [9.17, 15) is 54.0 Å². The molecule has 109 heavy (non-hydrogen) atoms. The standard InChI is InChI=1S/C28H32N4O5S2.C28H31N3O4S2.C23H31N3O5S2/c1-31-14-16-32(17-15-31)39(35,36)22-7-5-6-19(18-22)26(33)30-28-25(23-8-3-4-9-24(23)38-28)27(34)29-20-10-12-21(37-2)13-11-20;32-26(21-12-9-13-22(18-21)37(34,35)31-16-7-2-8-17-31)30-28-25(23-14-5-6-15-24(23)36-28)27(33)29-19-20-10-3-1-4-11-20;1-15(2)26-33(29,30)17-9-6-8-16(14-17)21(27)25-23-20(22(28)24-12-7-13-31-3)18-10-4-5-11-19(18)32-23/h5-7,10-13,18H,3-4,8-9,14-17H2,1-2H3,(H,29,34)(H,30,33);1,3-4,9-13,18H,2,5-8,14-17,19H2,(H,29,33)(H,30,32);6,8-9,14-15,26H,4-5,7,10-13H2,1-3H3,(H,24,28)(H,25,27). The van der Waals surface area contributed by atoms with Crippen molar-refractivity contribution in [3.05, 3.63) is 198 Å². The molecule has 0 saturated carbocycles. The van der Waals surface area contributed by atoms with Crippen LogP contribution in [0, 0.1) is 0 Å². The molecule has 0 atom stereocenters. The number of ether oxygens (including phenoxy) is 2. The predicted octanol–water partition coefficient (Wildman–Crippen LogP) is 12.4. The number of piperidine rings is 1. The van der Waals surface area contributed by atoms with Crippen LogP contribution in [0.4, 0.5) is 20.7 Å².